The van der Waals surface area contributed by atoms with E-state index in [0.717, 1.165) is 86.1 Å². The summed E-state index contributed by atoms with van der Waals surface area (Å²) in [4.78, 5) is 54.7. The Morgan fingerprint density at radius 2 is 1.78 bits per heavy atom. The highest BCUT2D eigenvalue weighted by atomic mass is 16.2. The molecule has 4 fully saturated rings. The van der Waals surface area contributed by atoms with Gasteiger partial charge in [-0.05, 0) is 113 Å². The van der Waals surface area contributed by atoms with Crippen LogP contribution in [0.1, 0.15) is 62.1 Å². The van der Waals surface area contributed by atoms with Crippen LogP contribution < -0.4 is 16.3 Å². The lowest BCUT2D eigenvalue weighted by molar-refractivity contribution is -0.132. The number of pyridine rings is 1. The van der Waals surface area contributed by atoms with E-state index in [1.54, 1.807) is 21.9 Å². The molecule has 13 heteroatoms. The number of likely N-dealkylation sites (tertiary alicyclic amines) is 3. The summed E-state index contributed by atoms with van der Waals surface area (Å²) >= 11 is 0. The van der Waals surface area contributed by atoms with E-state index in [0.29, 0.717) is 44.0 Å². The van der Waals surface area contributed by atoms with E-state index in [4.69, 9.17) is 0 Å². The molecule has 4 aliphatic heterocycles. The molecule has 4 aliphatic rings. The molecule has 1 spiro atoms. The van der Waals surface area contributed by atoms with Crippen molar-refractivity contribution < 1.29 is 9.59 Å². The molecule has 0 radical (unpaired) electrons. The number of hydrogen-bond acceptors (Lipinski definition) is 7. The van der Waals surface area contributed by atoms with Crippen LogP contribution in [0.5, 0.6) is 0 Å². The van der Waals surface area contributed by atoms with Crippen molar-refractivity contribution in [3.8, 4) is 0 Å². The van der Waals surface area contributed by atoms with Crippen molar-refractivity contribution in [3.05, 3.63) is 58.3 Å². The number of aromatic nitrogens is 5. The molecule has 4 aromatic rings. The van der Waals surface area contributed by atoms with Crippen molar-refractivity contribution in [1.29, 1.82) is 0 Å². The molecular weight excluding hydrogens is 620 g/mol. The average Bonchev–Trinajstić information content (AvgIpc) is 3.86. The first-order valence-corrected chi connectivity index (χ1v) is 18.1. The number of hydrogen-bond donors (Lipinski definition) is 4. The number of H-pyrrole nitrogens is 2. The second-order valence-electron chi connectivity index (χ2n) is 14.9. The highest BCUT2D eigenvalue weighted by molar-refractivity contribution is 5.88. The largest absolute Gasteiger partial charge is 0.340 e. The summed E-state index contributed by atoms with van der Waals surface area (Å²) < 4.78 is 1.78. The zero-order chi connectivity index (χ0) is 33.5. The molecule has 49 heavy (non-hydrogen) atoms. The molecule has 3 amide bonds. The Morgan fingerprint density at radius 3 is 2.57 bits per heavy atom. The molecule has 3 aromatic heterocycles. The summed E-state index contributed by atoms with van der Waals surface area (Å²) in [6.07, 6.45) is 10.9. The van der Waals surface area contributed by atoms with Gasteiger partial charge in [0.05, 0.1) is 17.2 Å². The lowest BCUT2D eigenvalue weighted by Crippen LogP contribution is -2.54. The van der Waals surface area contributed by atoms with E-state index >= 15 is 0 Å². The number of carbonyl (C=O) groups excluding carboxylic acids is 2. The lowest BCUT2D eigenvalue weighted by Gasteiger charge is -2.44. The maximum Gasteiger partial charge on any atom is 0.327 e. The maximum absolute atomic E-state index is 14.4. The number of rotatable bonds is 6. The number of urea groups is 1. The summed E-state index contributed by atoms with van der Waals surface area (Å²) in [7, 11) is 0. The van der Waals surface area contributed by atoms with Gasteiger partial charge in [-0.2, -0.15) is 5.10 Å². The third kappa shape index (κ3) is 6.34. The summed E-state index contributed by atoms with van der Waals surface area (Å²) in [6, 6.07) is 7.64. The first kappa shape index (κ1) is 32.0. The van der Waals surface area contributed by atoms with Gasteiger partial charge in [0, 0.05) is 56.3 Å². The van der Waals surface area contributed by atoms with Gasteiger partial charge in [-0.25, -0.2) is 14.6 Å². The Labute approximate surface area is 285 Å². The molecule has 4 N–H and O–H groups in total. The normalized spacial score (nSPS) is 21.6. The number of nitrogens with one attached hydrogen (secondary N) is 4. The number of nitrogens with zero attached hydrogens (tertiary/aromatic N) is 6. The Morgan fingerprint density at radius 1 is 1.00 bits per heavy atom. The third-order valence-corrected chi connectivity index (χ3v) is 11.9. The Bertz CT molecular complexity index is 1870. The second-order valence-corrected chi connectivity index (χ2v) is 14.9. The minimum Gasteiger partial charge on any atom is -0.340 e. The predicted molar refractivity (Wildman–Crippen MR) is 187 cm³/mol. The quantitative estimate of drug-likeness (QED) is 0.247. The molecule has 0 unspecified atom stereocenters. The monoisotopic (exact) mass is 668 g/mol. The molecular formula is C36H48N10O3. The lowest BCUT2D eigenvalue weighted by atomic mass is 9.77. The van der Waals surface area contributed by atoms with Gasteiger partial charge in [-0.1, -0.05) is 6.07 Å². The summed E-state index contributed by atoms with van der Waals surface area (Å²) in [5.41, 5.74) is 4.40. The number of imidazole rings is 1. The molecule has 0 saturated carbocycles. The number of aryl methyl sites for hydroxylation is 1. The van der Waals surface area contributed by atoms with Gasteiger partial charge >= 0.3 is 11.7 Å². The molecule has 8 rings (SSSR count). The topological polar surface area (TPSA) is 147 Å². The van der Waals surface area contributed by atoms with E-state index in [2.05, 4.69) is 47.8 Å². The van der Waals surface area contributed by atoms with Gasteiger partial charge in [0.15, 0.2) is 5.65 Å². The second kappa shape index (κ2) is 13.2. The number of carbonyl (C=O) groups is 2. The van der Waals surface area contributed by atoms with Crippen molar-refractivity contribution in [3.63, 3.8) is 0 Å². The van der Waals surface area contributed by atoms with Crippen molar-refractivity contribution in [1.82, 2.24) is 50.1 Å². The highest BCUT2D eigenvalue weighted by Crippen LogP contribution is 2.41. The van der Waals surface area contributed by atoms with Crippen LogP contribution in [0.2, 0.25) is 0 Å². The van der Waals surface area contributed by atoms with Crippen molar-refractivity contribution >= 4 is 34.0 Å². The Hall–Kier alpha value is -4.23. The average molecular weight is 669 g/mol. The fourth-order valence-electron chi connectivity index (χ4n) is 9.04. The fraction of sp³-hybridized carbons (Fsp3) is 0.583. The molecule has 1 atom stereocenters. The molecule has 0 aliphatic carbocycles. The minimum atomic E-state index is -0.679. The number of benzene rings is 1. The molecule has 4 saturated heterocycles. The highest BCUT2D eigenvalue weighted by Gasteiger charge is 2.44. The third-order valence-electron chi connectivity index (χ3n) is 11.9. The molecule has 13 nitrogen and oxygen atoms in total. The van der Waals surface area contributed by atoms with Crippen molar-refractivity contribution in [2.75, 3.05) is 52.4 Å². The molecule has 0 bridgehead atoms. The Balaban J connectivity index is 0.954. The first-order chi connectivity index (χ1) is 23.9. The number of fused-ring (bicyclic) bond motifs is 2. The Kier molecular flexibility index (Phi) is 8.65. The summed E-state index contributed by atoms with van der Waals surface area (Å²) in [5.74, 6) is 0.00341. The molecule has 7 heterocycles. The van der Waals surface area contributed by atoms with Crippen LogP contribution in [0.15, 0.2) is 41.5 Å². The van der Waals surface area contributed by atoms with Gasteiger partial charge in [0.1, 0.15) is 6.04 Å². The van der Waals surface area contributed by atoms with Crippen LogP contribution in [-0.2, 0) is 11.2 Å². The van der Waals surface area contributed by atoms with Gasteiger partial charge < -0.3 is 25.3 Å². The standard InChI is InChI=1S/C36H48N10O3/c1-24-19-25(20-26-22-39-42-31(24)26)21-29(33(47)45-18-10-36(23-45)8-16-43(17-9-36)27-4-12-37-13-5-27)40-34(48)44-14-6-28(7-15-44)46-30-3-2-11-38-32(30)41-35(46)49/h2-3,11,19-20,22,27-29,37H,4-10,12-18,21,23H2,1H3,(H,39,42)(H,40,48)(H,38,41,49)/t29-/m1/s1. The zero-order valence-corrected chi connectivity index (χ0v) is 28.4. The van der Waals surface area contributed by atoms with Crippen molar-refractivity contribution in [2.45, 2.75) is 76.4 Å². The summed E-state index contributed by atoms with van der Waals surface area (Å²) in [6.45, 7) is 8.95. The first-order valence-electron chi connectivity index (χ1n) is 18.1. The van der Waals surface area contributed by atoms with E-state index in [9.17, 15) is 14.4 Å². The van der Waals surface area contributed by atoms with Gasteiger partial charge in [0.25, 0.3) is 0 Å². The van der Waals surface area contributed by atoms with Crippen molar-refractivity contribution in [2.24, 2.45) is 5.41 Å². The maximum atomic E-state index is 14.4. The summed E-state index contributed by atoms with van der Waals surface area (Å²) in [5, 5.41) is 14.9. The van der Waals surface area contributed by atoms with Crippen LogP contribution in [0.4, 0.5) is 4.79 Å². The van der Waals surface area contributed by atoms with E-state index in [-0.39, 0.29) is 29.1 Å². The fourth-order valence-corrected chi connectivity index (χ4v) is 9.04. The predicted octanol–water partition coefficient (Wildman–Crippen LogP) is 2.93. The van der Waals surface area contributed by atoms with Crippen LogP contribution in [0.3, 0.4) is 0 Å². The molecule has 260 valence electrons. The smallest absolute Gasteiger partial charge is 0.327 e. The van der Waals surface area contributed by atoms with Crippen LogP contribution >= 0.6 is 0 Å². The van der Waals surface area contributed by atoms with E-state index in [1.165, 1.54) is 12.8 Å². The number of amides is 3. The number of piperidine rings is 3. The van der Waals surface area contributed by atoms with Gasteiger partial charge in [0.2, 0.25) is 5.91 Å². The zero-order valence-electron chi connectivity index (χ0n) is 28.4. The van der Waals surface area contributed by atoms with Gasteiger partial charge in [-0.15, -0.1) is 0 Å². The van der Waals surface area contributed by atoms with E-state index < -0.39 is 6.04 Å². The number of aromatic amines is 2. The minimum absolute atomic E-state index is 0.00341. The van der Waals surface area contributed by atoms with Crippen LogP contribution in [-0.4, -0.2) is 116 Å². The molecule has 1 aromatic carbocycles. The van der Waals surface area contributed by atoms with Crippen LogP contribution in [0.25, 0.3) is 22.1 Å². The van der Waals surface area contributed by atoms with Crippen LogP contribution in [0, 0.1) is 12.3 Å². The van der Waals surface area contributed by atoms with Gasteiger partial charge in [-0.3, -0.25) is 19.4 Å². The van der Waals surface area contributed by atoms with E-state index in [1.807, 2.05) is 24.0 Å². The SMILES string of the molecule is Cc1cc(C[C@@H](NC(=O)N2CCC(n3c(=O)[nH]c4ncccc43)CC2)C(=O)N2CCC3(CCN(C4CCNCC4)CC3)C2)cc2cn[nH]c12.